The van der Waals surface area contributed by atoms with Crippen LogP contribution in [0.15, 0.2) is 12.3 Å². The van der Waals surface area contributed by atoms with E-state index in [4.69, 9.17) is 9.47 Å². The van der Waals surface area contributed by atoms with Gasteiger partial charge in [0.05, 0.1) is 12.8 Å². The van der Waals surface area contributed by atoms with Crippen molar-refractivity contribution in [2.75, 3.05) is 26.5 Å². The van der Waals surface area contributed by atoms with Crippen LogP contribution < -0.4 is 0 Å². The fourth-order valence-electron chi connectivity index (χ4n) is 3.13. The van der Waals surface area contributed by atoms with Gasteiger partial charge in [-0.15, -0.1) is 0 Å². The van der Waals surface area contributed by atoms with Crippen molar-refractivity contribution in [3.05, 3.63) is 23.8 Å². The van der Waals surface area contributed by atoms with Gasteiger partial charge in [-0.05, 0) is 39.7 Å². The van der Waals surface area contributed by atoms with Crippen molar-refractivity contribution < 1.29 is 27.5 Å². The molecule has 2 rings (SSSR count). The second kappa shape index (κ2) is 8.02. The molecule has 2 heterocycles. The molecule has 10 heteroatoms. The number of aromatic nitrogens is 2. The number of carbonyl (C=O) groups is 2. The summed E-state index contributed by atoms with van der Waals surface area (Å²) in [5, 5.41) is 0. The molecule has 0 saturated carbocycles. The van der Waals surface area contributed by atoms with E-state index in [1.807, 2.05) is 0 Å². The summed E-state index contributed by atoms with van der Waals surface area (Å²) in [6, 6.07) is 1.59. The topological polar surface area (TPSA) is 116 Å². The van der Waals surface area contributed by atoms with E-state index in [0.29, 0.717) is 5.69 Å². The highest BCUT2D eigenvalue weighted by Crippen LogP contribution is 2.36. The zero-order valence-electron chi connectivity index (χ0n) is 16.9. The Labute approximate surface area is 165 Å². The molecule has 1 aliphatic heterocycles. The van der Waals surface area contributed by atoms with Gasteiger partial charge in [-0.3, -0.25) is 4.79 Å². The maximum absolute atomic E-state index is 12.7. The Morgan fingerprint density at radius 2 is 1.86 bits per heavy atom. The second-order valence-electron chi connectivity index (χ2n) is 7.97. The number of sulfone groups is 1. The molecule has 0 bridgehead atoms. The monoisotopic (exact) mass is 413 g/mol. The van der Waals surface area contributed by atoms with Crippen LogP contribution in [0.1, 0.15) is 45.1 Å². The van der Waals surface area contributed by atoms with Crippen LogP contribution in [0, 0.1) is 0 Å². The van der Waals surface area contributed by atoms with Crippen LogP contribution in [-0.4, -0.2) is 67.4 Å². The molecule has 0 N–H and O–H groups in total. The number of ether oxygens (including phenoxy) is 2. The van der Waals surface area contributed by atoms with E-state index in [-0.39, 0.29) is 37.5 Å². The van der Waals surface area contributed by atoms with Crippen LogP contribution in [0.5, 0.6) is 0 Å². The summed E-state index contributed by atoms with van der Waals surface area (Å²) in [5.41, 5.74) is -1.28. The number of nitrogens with zero attached hydrogens (tertiary/aromatic N) is 3. The number of esters is 1. The summed E-state index contributed by atoms with van der Waals surface area (Å²) < 4.78 is 33.5. The highest BCUT2D eigenvalue weighted by atomic mass is 32.2. The number of carbonyl (C=O) groups excluding carboxylic acids is 2. The van der Waals surface area contributed by atoms with Gasteiger partial charge in [-0.25, -0.2) is 23.2 Å². The lowest BCUT2D eigenvalue weighted by molar-refractivity contribution is -0.150. The van der Waals surface area contributed by atoms with Gasteiger partial charge in [0, 0.05) is 25.5 Å². The molecule has 9 nitrogen and oxygen atoms in total. The summed E-state index contributed by atoms with van der Waals surface area (Å²) in [6.07, 6.45) is 2.67. The van der Waals surface area contributed by atoms with Crippen molar-refractivity contribution in [3.8, 4) is 0 Å². The van der Waals surface area contributed by atoms with Crippen LogP contribution >= 0.6 is 0 Å². The van der Waals surface area contributed by atoms with Crippen LogP contribution in [0.4, 0.5) is 4.79 Å². The first-order chi connectivity index (χ1) is 12.9. The van der Waals surface area contributed by atoms with Crippen LogP contribution in [0.2, 0.25) is 0 Å². The third-order valence-electron chi connectivity index (χ3n) is 4.43. The summed E-state index contributed by atoms with van der Waals surface area (Å²) >= 11 is 0. The normalized spacial score (nSPS) is 17.1. The van der Waals surface area contributed by atoms with Crippen LogP contribution in [0.25, 0.3) is 0 Å². The van der Waals surface area contributed by atoms with Crippen molar-refractivity contribution in [2.45, 2.75) is 50.4 Å². The number of methoxy groups -OCH3 is 1. The number of rotatable bonds is 4. The largest absolute Gasteiger partial charge is 0.468 e. The molecule has 1 aromatic rings. The molecular weight excluding hydrogens is 386 g/mol. The predicted octanol–water partition coefficient (Wildman–Crippen LogP) is 1.46. The number of piperidine rings is 1. The Bertz CT molecular complexity index is 839. The smallest absolute Gasteiger partial charge is 0.410 e. The van der Waals surface area contributed by atoms with E-state index in [2.05, 4.69) is 9.97 Å². The Kier molecular flexibility index (Phi) is 6.32. The summed E-state index contributed by atoms with van der Waals surface area (Å²) in [6.45, 7) is 5.94. The Hall–Kier alpha value is -2.23. The zero-order valence-corrected chi connectivity index (χ0v) is 17.7. The van der Waals surface area contributed by atoms with Gasteiger partial charge in [0.25, 0.3) is 0 Å². The van der Waals surface area contributed by atoms with E-state index < -0.39 is 32.9 Å². The molecule has 0 spiro atoms. The van der Waals surface area contributed by atoms with Crippen molar-refractivity contribution in [3.63, 3.8) is 0 Å². The highest BCUT2D eigenvalue weighted by Gasteiger charge is 2.46. The lowest BCUT2D eigenvalue weighted by Gasteiger charge is -2.39. The Morgan fingerprint density at radius 1 is 1.25 bits per heavy atom. The van der Waals surface area contributed by atoms with Gasteiger partial charge in [-0.2, -0.15) is 0 Å². The summed E-state index contributed by atoms with van der Waals surface area (Å²) in [4.78, 5) is 34.8. The SMILES string of the molecule is COC(=O)C1(c2ccnc(CS(C)(=O)=O)n2)CCN(C(=O)OC(C)(C)C)CC1. The van der Waals surface area contributed by atoms with Gasteiger partial charge in [0.15, 0.2) is 9.84 Å². The third-order valence-corrected chi connectivity index (χ3v) is 5.21. The van der Waals surface area contributed by atoms with Crippen molar-refractivity contribution >= 4 is 21.9 Å². The lowest BCUT2D eigenvalue weighted by atomic mass is 9.75. The lowest BCUT2D eigenvalue weighted by Crippen LogP contribution is -2.50. The number of hydrogen-bond donors (Lipinski definition) is 0. The van der Waals surface area contributed by atoms with Crippen molar-refractivity contribution in [1.29, 1.82) is 0 Å². The average Bonchev–Trinajstić information content (AvgIpc) is 2.58. The van der Waals surface area contributed by atoms with Crippen LogP contribution in [-0.2, 0) is 35.3 Å². The Balaban J connectivity index is 2.27. The molecule has 1 aromatic heterocycles. The van der Waals surface area contributed by atoms with E-state index >= 15 is 0 Å². The minimum Gasteiger partial charge on any atom is -0.468 e. The third kappa shape index (κ3) is 5.40. The van der Waals surface area contributed by atoms with E-state index in [1.165, 1.54) is 13.3 Å². The minimum absolute atomic E-state index is 0.123. The molecule has 1 aliphatic rings. The quantitative estimate of drug-likeness (QED) is 0.681. The highest BCUT2D eigenvalue weighted by molar-refractivity contribution is 7.89. The minimum atomic E-state index is -3.32. The van der Waals surface area contributed by atoms with Crippen LogP contribution in [0.3, 0.4) is 0 Å². The molecule has 1 amide bonds. The number of hydrogen-bond acceptors (Lipinski definition) is 8. The fraction of sp³-hybridized carbons (Fsp3) is 0.667. The maximum atomic E-state index is 12.7. The Morgan fingerprint density at radius 3 is 2.36 bits per heavy atom. The fourth-order valence-corrected chi connectivity index (χ4v) is 3.74. The van der Waals surface area contributed by atoms with Crippen molar-refractivity contribution in [1.82, 2.24) is 14.9 Å². The maximum Gasteiger partial charge on any atom is 0.410 e. The molecule has 156 valence electrons. The molecular formula is C18H27N3O6S. The standard InChI is InChI=1S/C18H27N3O6S/c1-17(2,3)27-16(23)21-10-7-18(8-11-21,15(22)26-4)13-6-9-19-14(20-13)12-28(5,24)25/h6,9H,7-8,10-12H2,1-5H3. The number of amides is 1. The van der Waals surface area contributed by atoms with Gasteiger partial charge in [0.1, 0.15) is 22.6 Å². The number of likely N-dealkylation sites (tertiary alicyclic amines) is 1. The molecule has 1 fully saturated rings. The molecule has 0 atom stereocenters. The molecule has 0 aromatic carbocycles. The molecule has 0 radical (unpaired) electrons. The first-order valence-electron chi connectivity index (χ1n) is 8.93. The van der Waals surface area contributed by atoms with Gasteiger partial charge in [0.2, 0.25) is 0 Å². The first-order valence-corrected chi connectivity index (χ1v) is 11.0. The predicted molar refractivity (Wildman–Crippen MR) is 101 cm³/mol. The molecule has 0 aliphatic carbocycles. The first kappa shape index (κ1) is 22.1. The van der Waals surface area contributed by atoms with E-state index in [9.17, 15) is 18.0 Å². The van der Waals surface area contributed by atoms with Gasteiger partial charge in [-0.1, -0.05) is 0 Å². The molecule has 1 saturated heterocycles. The van der Waals surface area contributed by atoms with Crippen molar-refractivity contribution in [2.24, 2.45) is 0 Å². The zero-order chi connectivity index (χ0) is 21.2. The summed E-state index contributed by atoms with van der Waals surface area (Å²) in [5.74, 6) is -0.666. The van der Waals surface area contributed by atoms with Gasteiger partial charge >= 0.3 is 12.1 Å². The molecule has 28 heavy (non-hydrogen) atoms. The molecule has 0 unspecified atom stereocenters. The average molecular weight is 413 g/mol. The van der Waals surface area contributed by atoms with E-state index in [1.54, 1.807) is 31.7 Å². The summed E-state index contributed by atoms with van der Waals surface area (Å²) in [7, 11) is -2.02. The second-order valence-corrected chi connectivity index (χ2v) is 10.1. The van der Waals surface area contributed by atoms with Gasteiger partial charge < -0.3 is 14.4 Å². The van der Waals surface area contributed by atoms with E-state index in [0.717, 1.165) is 6.26 Å².